The van der Waals surface area contributed by atoms with Crippen molar-refractivity contribution in [2.45, 2.75) is 18.4 Å². The molecule has 8 heteroatoms. The van der Waals surface area contributed by atoms with Gasteiger partial charge in [0.15, 0.2) is 5.58 Å². The molecule has 0 saturated heterocycles. The van der Waals surface area contributed by atoms with Crippen molar-refractivity contribution in [3.8, 4) is 5.75 Å². The normalized spacial score (nSPS) is 12.2. The Bertz CT molecular complexity index is 822. The van der Waals surface area contributed by atoms with Crippen molar-refractivity contribution in [3.05, 3.63) is 47.9 Å². The van der Waals surface area contributed by atoms with Crippen molar-refractivity contribution in [2.24, 2.45) is 0 Å². The molecule has 1 N–H and O–H groups in total. The monoisotopic (exact) mass is 333 g/mol. The van der Waals surface area contributed by atoms with E-state index in [1.54, 1.807) is 36.5 Å². The molecule has 0 saturated carbocycles. The molecule has 3 rings (SSSR count). The van der Waals surface area contributed by atoms with Crippen LogP contribution in [0.3, 0.4) is 0 Å². The Kier molecular flexibility index (Phi) is 4.38. The number of rotatable bonds is 6. The molecule has 0 aliphatic carbocycles. The van der Waals surface area contributed by atoms with Crippen LogP contribution in [0.4, 0.5) is 0 Å². The summed E-state index contributed by atoms with van der Waals surface area (Å²) < 4.78 is 10.8. The Morgan fingerprint density at radius 3 is 3.00 bits per heavy atom. The van der Waals surface area contributed by atoms with Gasteiger partial charge in [0, 0.05) is 18.0 Å². The summed E-state index contributed by atoms with van der Waals surface area (Å²) in [6, 6.07) is 8.53. The first-order valence-corrected chi connectivity index (χ1v) is 7.25. The Labute approximate surface area is 135 Å². The van der Waals surface area contributed by atoms with Crippen LogP contribution in [0.2, 0.25) is 0 Å². The second kappa shape index (κ2) is 6.62. The van der Waals surface area contributed by atoms with Gasteiger partial charge in [-0.1, -0.05) is 16.8 Å². The van der Waals surface area contributed by atoms with Crippen LogP contribution in [-0.4, -0.2) is 26.4 Å². The number of carboxylic acid groups (broad SMARTS) is 1. The highest BCUT2D eigenvalue weighted by atomic mass is 35.5. The second-order valence-corrected chi connectivity index (χ2v) is 5.16. The summed E-state index contributed by atoms with van der Waals surface area (Å²) in [6.45, 7) is 0. The maximum absolute atomic E-state index is 10.7. The van der Waals surface area contributed by atoms with Crippen LogP contribution in [0.1, 0.15) is 23.4 Å². The highest BCUT2D eigenvalue weighted by Crippen LogP contribution is 2.29. The fourth-order valence-corrected chi connectivity index (χ4v) is 2.28. The van der Waals surface area contributed by atoms with E-state index < -0.39 is 11.5 Å². The fraction of sp³-hybridized carbons (Fsp3) is 0.200. The minimum atomic E-state index is -0.892. The van der Waals surface area contributed by atoms with Gasteiger partial charge in [0.1, 0.15) is 11.4 Å². The quantitative estimate of drug-likeness (QED) is 0.692. The molecule has 0 bridgehead atoms. The second-order valence-electron chi connectivity index (χ2n) is 4.76. The van der Waals surface area contributed by atoms with Crippen molar-refractivity contribution in [1.82, 2.24) is 15.4 Å². The molecule has 3 aromatic rings. The number of carboxylic acids is 1. The number of ether oxygens (including phenoxy) is 1. The van der Waals surface area contributed by atoms with Crippen LogP contribution in [0.15, 0.2) is 41.1 Å². The number of carbonyl (C=O) groups is 1. The van der Waals surface area contributed by atoms with E-state index in [2.05, 4.69) is 15.4 Å². The maximum atomic E-state index is 10.7. The van der Waals surface area contributed by atoms with Gasteiger partial charge in [-0.3, -0.25) is 4.79 Å². The number of nitrogens with zero attached hydrogens (tertiary/aromatic N) is 3. The average Bonchev–Trinajstić information content (AvgIpc) is 2.96. The molecule has 0 amide bonds. The molecule has 1 unspecified atom stereocenters. The molecule has 0 spiro atoms. The number of fused-ring (bicyclic) bond motifs is 1. The van der Waals surface area contributed by atoms with Gasteiger partial charge in [0.05, 0.1) is 12.1 Å². The summed E-state index contributed by atoms with van der Waals surface area (Å²) >= 11 is 6.17. The summed E-state index contributed by atoms with van der Waals surface area (Å²) in [6.07, 6.45) is 1.80. The minimum absolute atomic E-state index is 0.0234. The van der Waals surface area contributed by atoms with Gasteiger partial charge in [-0.25, -0.2) is 0 Å². The van der Waals surface area contributed by atoms with Crippen LogP contribution >= 0.6 is 11.6 Å². The Balaban J connectivity index is 1.81. The molecule has 0 fully saturated rings. The Hall–Kier alpha value is -2.67. The highest BCUT2D eigenvalue weighted by molar-refractivity contribution is 6.19. The first-order chi connectivity index (χ1) is 11.1. The zero-order valence-corrected chi connectivity index (χ0v) is 12.6. The van der Waals surface area contributed by atoms with Gasteiger partial charge in [0.25, 0.3) is 0 Å². The maximum Gasteiger partial charge on any atom is 0.303 e. The number of halogens is 1. The average molecular weight is 334 g/mol. The van der Waals surface area contributed by atoms with E-state index in [0.29, 0.717) is 28.1 Å². The Morgan fingerprint density at radius 2 is 2.26 bits per heavy atom. The predicted octanol–water partition coefficient (Wildman–Crippen LogP) is 2.95. The van der Waals surface area contributed by atoms with E-state index >= 15 is 0 Å². The molecular weight excluding hydrogens is 322 g/mol. The lowest BCUT2D eigenvalue weighted by molar-refractivity contribution is -0.136. The highest BCUT2D eigenvalue weighted by Gasteiger charge is 2.14. The van der Waals surface area contributed by atoms with Crippen LogP contribution < -0.4 is 4.74 Å². The summed E-state index contributed by atoms with van der Waals surface area (Å²) in [5.41, 5.74) is 0.830. The molecule has 7 nitrogen and oxygen atoms in total. The molecule has 0 aliphatic heterocycles. The number of hydrogen-bond donors (Lipinski definition) is 1. The molecule has 1 atom stereocenters. The third kappa shape index (κ3) is 3.57. The van der Waals surface area contributed by atoms with E-state index in [1.165, 1.54) is 0 Å². The standard InChI is InChI=1S/C15H12ClN3O4/c16-15(12-2-1-7-17-18-12)22-9-3-5-13-10(8-9)11(19-23-13)4-6-14(20)21/h1-3,5,7-8,15H,4,6H2,(H,20,21). The lowest BCUT2D eigenvalue weighted by Gasteiger charge is -2.11. The van der Waals surface area contributed by atoms with E-state index in [-0.39, 0.29) is 12.8 Å². The lowest BCUT2D eigenvalue weighted by atomic mass is 10.1. The van der Waals surface area contributed by atoms with Crippen molar-refractivity contribution in [3.63, 3.8) is 0 Å². The van der Waals surface area contributed by atoms with Crippen LogP contribution in [0, 0.1) is 0 Å². The zero-order chi connectivity index (χ0) is 16.2. The first kappa shape index (κ1) is 15.2. The Morgan fingerprint density at radius 1 is 1.39 bits per heavy atom. The van der Waals surface area contributed by atoms with Crippen molar-refractivity contribution >= 4 is 28.5 Å². The number of hydrogen-bond acceptors (Lipinski definition) is 6. The molecule has 0 aliphatic rings. The topological polar surface area (TPSA) is 98.3 Å². The zero-order valence-electron chi connectivity index (χ0n) is 11.8. The van der Waals surface area contributed by atoms with Crippen LogP contribution in [-0.2, 0) is 11.2 Å². The largest absolute Gasteiger partial charge is 0.481 e. The van der Waals surface area contributed by atoms with Gasteiger partial charge in [-0.2, -0.15) is 10.2 Å². The molecule has 23 heavy (non-hydrogen) atoms. The number of aromatic nitrogens is 3. The summed E-state index contributed by atoms with van der Waals surface area (Å²) in [7, 11) is 0. The van der Waals surface area contributed by atoms with E-state index in [9.17, 15) is 4.79 Å². The molecule has 2 aromatic heterocycles. The number of benzene rings is 1. The van der Waals surface area contributed by atoms with Crippen LogP contribution in [0.25, 0.3) is 11.0 Å². The van der Waals surface area contributed by atoms with Gasteiger partial charge >= 0.3 is 5.97 Å². The predicted molar refractivity (Wildman–Crippen MR) is 81.2 cm³/mol. The third-order valence-corrected chi connectivity index (χ3v) is 3.47. The smallest absolute Gasteiger partial charge is 0.303 e. The number of alkyl halides is 1. The first-order valence-electron chi connectivity index (χ1n) is 6.82. The van der Waals surface area contributed by atoms with Gasteiger partial charge in [-0.15, -0.1) is 0 Å². The number of aryl methyl sites for hydroxylation is 1. The van der Waals surface area contributed by atoms with E-state index in [4.69, 9.17) is 26.0 Å². The van der Waals surface area contributed by atoms with Crippen molar-refractivity contribution in [2.75, 3.05) is 0 Å². The molecule has 1 aromatic carbocycles. The third-order valence-electron chi connectivity index (χ3n) is 3.16. The molecule has 0 radical (unpaired) electrons. The number of aliphatic carboxylic acids is 1. The summed E-state index contributed by atoms with van der Waals surface area (Å²) in [5, 5.41) is 21.0. The minimum Gasteiger partial charge on any atom is -0.481 e. The van der Waals surface area contributed by atoms with Gasteiger partial charge < -0.3 is 14.4 Å². The summed E-state index contributed by atoms with van der Waals surface area (Å²) in [5.74, 6) is -0.389. The van der Waals surface area contributed by atoms with Crippen molar-refractivity contribution in [1.29, 1.82) is 0 Å². The van der Waals surface area contributed by atoms with Gasteiger partial charge in [-0.05, 0) is 30.3 Å². The fourth-order valence-electron chi connectivity index (χ4n) is 2.06. The van der Waals surface area contributed by atoms with E-state index in [0.717, 1.165) is 0 Å². The SMILES string of the molecule is O=C(O)CCc1noc2ccc(OC(Cl)c3cccnn3)cc12. The molecular formula is C15H12ClN3O4. The molecule has 118 valence electrons. The lowest BCUT2D eigenvalue weighted by Crippen LogP contribution is -2.03. The summed E-state index contributed by atoms with van der Waals surface area (Å²) in [4.78, 5) is 10.7. The van der Waals surface area contributed by atoms with E-state index in [1.807, 2.05) is 0 Å². The van der Waals surface area contributed by atoms with Crippen LogP contribution in [0.5, 0.6) is 5.75 Å². The van der Waals surface area contributed by atoms with Gasteiger partial charge in [0.2, 0.25) is 5.56 Å². The molecule has 2 heterocycles. The van der Waals surface area contributed by atoms with Crippen molar-refractivity contribution < 1.29 is 19.2 Å².